The first-order chi connectivity index (χ1) is 9.72. The van der Waals surface area contributed by atoms with Gasteiger partial charge < -0.3 is 10.6 Å². The molecule has 2 N–H and O–H groups in total. The second kappa shape index (κ2) is 7.03. The molecule has 20 heavy (non-hydrogen) atoms. The van der Waals surface area contributed by atoms with Gasteiger partial charge in [0.15, 0.2) is 5.15 Å². The topological polar surface area (TPSA) is 54.0 Å². The Hall–Kier alpha value is -1.91. The molecule has 0 saturated carbocycles. The maximum absolute atomic E-state index is 12.3. The van der Waals surface area contributed by atoms with Crippen molar-refractivity contribution in [1.82, 2.24) is 10.3 Å². The van der Waals surface area contributed by atoms with Crippen LogP contribution in [0.5, 0.6) is 0 Å². The van der Waals surface area contributed by atoms with Crippen LogP contribution in [0.1, 0.15) is 15.9 Å². The molecular formula is C15H16ClN3O. The zero-order valence-corrected chi connectivity index (χ0v) is 11.9. The number of halogens is 1. The number of pyridine rings is 1. The van der Waals surface area contributed by atoms with Crippen LogP contribution in [0, 0.1) is 0 Å². The van der Waals surface area contributed by atoms with Crippen molar-refractivity contribution in [2.75, 3.05) is 18.9 Å². The van der Waals surface area contributed by atoms with Crippen molar-refractivity contribution in [2.24, 2.45) is 0 Å². The summed E-state index contributed by atoms with van der Waals surface area (Å²) in [5.41, 5.74) is 2.17. The number of amides is 1. The van der Waals surface area contributed by atoms with E-state index in [4.69, 9.17) is 11.6 Å². The molecule has 1 amide bonds. The third-order valence-electron chi connectivity index (χ3n) is 2.91. The van der Waals surface area contributed by atoms with Crippen molar-refractivity contribution in [3.05, 3.63) is 58.9 Å². The van der Waals surface area contributed by atoms with Crippen LogP contribution in [-0.2, 0) is 6.42 Å². The van der Waals surface area contributed by atoms with Crippen molar-refractivity contribution in [3.63, 3.8) is 0 Å². The van der Waals surface area contributed by atoms with Gasteiger partial charge in [-0.15, -0.1) is 0 Å². The van der Waals surface area contributed by atoms with Crippen LogP contribution in [-0.4, -0.2) is 24.5 Å². The highest BCUT2D eigenvalue weighted by atomic mass is 35.5. The van der Waals surface area contributed by atoms with Gasteiger partial charge >= 0.3 is 0 Å². The fourth-order valence-electron chi connectivity index (χ4n) is 1.89. The van der Waals surface area contributed by atoms with E-state index in [-0.39, 0.29) is 11.1 Å². The standard InChI is InChI=1S/C15H16ClN3O/c1-17-10-8-11-5-2-3-6-12(11)15(20)19-13-7-4-9-18-14(13)16/h2-7,9,17H,8,10H2,1H3,(H,19,20). The van der Waals surface area contributed by atoms with E-state index < -0.39 is 0 Å². The van der Waals surface area contributed by atoms with Crippen LogP contribution in [0.4, 0.5) is 5.69 Å². The summed E-state index contributed by atoms with van der Waals surface area (Å²) in [5.74, 6) is -0.174. The molecule has 5 heteroatoms. The van der Waals surface area contributed by atoms with Gasteiger partial charge in [0, 0.05) is 11.8 Å². The van der Waals surface area contributed by atoms with E-state index in [1.54, 1.807) is 18.3 Å². The number of nitrogens with one attached hydrogen (secondary N) is 2. The number of rotatable bonds is 5. The lowest BCUT2D eigenvalue weighted by Gasteiger charge is -2.10. The minimum atomic E-state index is -0.174. The predicted octanol–water partition coefficient (Wildman–Crippen LogP) is 2.75. The number of nitrogens with zero attached hydrogens (tertiary/aromatic N) is 1. The van der Waals surface area contributed by atoms with E-state index in [1.807, 2.05) is 31.3 Å². The van der Waals surface area contributed by atoms with E-state index >= 15 is 0 Å². The molecule has 0 bridgehead atoms. The van der Waals surface area contributed by atoms with Crippen LogP contribution in [0.2, 0.25) is 5.15 Å². The molecule has 1 aromatic heterocycles. The highest BCUT2D eigenvalue weighted by Crippen LogP contribution is 2.19. The first-order valence-corrected chi connectivity index (χ1v) is 6.74. The lowest BCUT2D eigenvalue weighted by atomic mass is 10.0. The summed E-state index contributed by atoms with van der Waals surface area (Å²) in [4.78, 5) is 16.3. The second-order valence-corrected chi connectivity index (χ2v) is 4.66. The number of hydrogen-bond acceptors (Lipinski definition) is 3. The summed E-state index contributed by atoms with van der Waals surface area (Å²) in [6.45, 7) is 0.817. The number of carbonyl (C=O) groups excluding carboxylic acids is 1. The number of likely N-dealkylation sites (N-methyl/N-ethyl adjacent to an activating group) is 1. The SMILES string of the molecule is CNCCc1ccccc1C(=O)Nc1cccnc1Cl. The maximum Gasteiger partial charge on any atom is 0.256 e. The molecule has 0 atom stereocenters. The molecule has 1 heterocycles. The van der Waals surface area contributed by atoms with Gasteiger partial charge in [0.1, 0.15) is 0 Å². The minimum absolute atomic E-state index is 0.174. The molecule has 0 aliphatic heterocycles. The summed E-state index contributed by atoms with van der Waals surface area (Å²) in [7, 11) is 1.89. The summed E-state index contributed by atoms with van der Waals surface area (Å²) in [6, 6.07) is 11.0. The Morgan fingerprint density at radius 1 is 1.25 bits per heavy atom. The lowest BCUT2D eigenvalue weighted by molar-refractivity contribution is 0.102. The molecule has 0 aliphatic carbocycles. The lowest BCUT2D eigenvalue weighted by Crippen LogP contribution is -2.17. The molecule has 0 spiro atoms. The fraction of sp³-hybridized carbons (Fsp3) is 0.200. The van der Waals surface area contributed by atoms with Crippen LogP contribution >= 0.6 is 11.6 Å². The molecule has 2 rings (SSSR count). The van der Waals surface area contributed by atoms with Crippen LogP contribution in [0.15, 0.2) is 42.6 Å². The third-order valence-corrected chi connectivity index (χ3v) is 3.21. The van der Waals surface area contributed by atoms with E-state index in [0.29, 0.717) is 11.3 Å². The Morgan fingerprint density at radius 3 is 2.80 bits per heavy atom. The molecule has 0 radical (unpaired) electrons. The van der Waals surface area contributed by atoms with Crippen LogP contribution in [0.25, 0.3) is 0 Å². The summed E-state index contributed by atoms with van der Waals surface area (Å²) in [5, 5.41) is 6.15. The molecule has 0 saturated heterocycles. The number of aromatic nitrogens is 1. The zero-order valence-electron chi connectivity index (χ0n) is 11.2. The van der Waals surface area contributed by atoms with Gasteiger partial charge in [0.05, 0.1) is 5.69 Å². The van der Waals surface area contributed by atoms with Crippen molar-refractivity contribution in [1.29, 1.82) is 0 Å². The van der Waals surface area contributed by atoms with E-state index in [1.165, 1.54) is 0 Å². The largest absolute Gasteiger partial charge is 0.319 e. The molecule has 1 aromatic carbocycles. The first-order valence-electron chi connectivity index (χ1n) is 6.36. The highest BCUT2D eigenvalue weighted by molar-refractivity contribution is 6.32. The Balaban J connectivity index is 2.19. The van der Waals surface area contributed by atoms with Gasteiger partial charge in [0.25, 0.3) is 5.91 Å². The summed E-state index contributed by atoms with van der Waals surface area (Å²) in [6.07, 6.45) is 2.37. The maximum atomic E-state index is 12.3. The van der Waals surface area contributed by atoms with Gasteiger partial charge in [0.2, 0.25) is 0 Å². The van der Waals surface area contributed by atoms with E-state index in [9.17, 15) is 4.79 Å². The van der Waals surface area contributed by atoms with Crippen molar-refractivity contribution in [2.45, 2.75) is 6.42 Å². The van der Waals surface area contributed by atoms with Gasteiger partial charge in [-0.1, -0.05) is 29.8 Å². The first kappa shape index (κ1) is 14.5. The summed E-state index contributed by atoms with van der Waals surface area (Å²) >= 11 is 5.94. The van der Waals surface area contributed by atoms with Crippen molar-refractivity contribution >= 4 is 23.2 Å². The molecule has 104 valence electrons. The average molecular weight is 290 g/mol. The van der Waals surface area contributed by atoms with Crippen LogP contribution < -0.4 is 10.6 Å². The fourth-order valence-corrected chi connectivity index (χ4v) is 2.06. The number of carbonyl (C=O) groups is 1. The molecule has 0 aliphatic rings. The predicted molar refractivity (Wildman–Crippen MR) is 81.3 cm³/mol. The van der Waals surface area contributed by atoms with Crippen molar-refractivity contribution in [3.8, 4) is 0 Å². The Labute approximate surface area is 123 Å². The van der Waals surface area contributed by atoms with Crippen LogP contribution in [0.3, 0.4) is 0 Å². The third kappa shape index (κ3) is 3.56. The average Bonchev–Trinajstić information content (AvgIpc) is 2.47. The Bertz CT molecular complexity index is 601. The number of hydrogen-bond donors (Lipinski definition) is 2. The molecule has 0 unspecified atom stereocenters. The summed E-state index contributed by atoms with van der Waals surface area (Å²) < 4.78 is 0. The normalized spacial score (nSPS) is 10.3. The molecule has 0 fully saturated rings. The quantitative estimate of drug-likeness (QED) is 0.832. The van der Waals surface area contributed by atoms with Gasteiger partial charge in [-0.05, 0) is 43.8 Å². The highest BCUT2D eigenvalue weighted by Gasteiger charge is 2.12. The molecule has 4 nitrogen and oxygen atoms in total. The monoisotopic (exact) mass is 289 g/mol. The Morgan fingerprint density at radius 2 is 2.05 bits per heavy atom. The van der Waals surface area contributed by atoms with Crippen molar-refractivity contribution < 1.29 is 4.79 Å². The van der Waals surface area contributed by atoms with E-state index in [0.717, 1.165) is 18.5 Å². The second-order valence-electron chi connectivity index (χ2n) is 4.31. The molecular weight excluding hydrogens is 274 g/mol. The van der Waals surface area contributed by atoms with E-state index in [2.05, 4.69) is 15.6 Å². The number of anilines is 1. The number of benzene rings is 1. The minimum Gasteiger partial charge on any atom is -0.319 e. The van der Waals surface area contributed by atoms with Gasteiger partial charge in [-0.3, -0.25) is 4.79 Å². The van der Waals surface area contributed by atoms with Gasteiger partial charge in [-0.2, -0.15) is 0 Å². The zero-order chi connectivity index (χ0) is 14.4. The molecule has 2 aromatic rings. The Kier molecular flexibility index (Phi) is 5.09. The van der Waals surface area contributed by atoms with Gasteiger partial charge in [-0.25, -0.2) is 4.98 Å². The smallest absolute Gasteiger partial charge is 0.256 e.